The first-order valence-corrected chi connectivity index (χ1v) is 13.1. The van der Waals surface area contributed by atoms with Gasteiger partial charge in [-0.25, -0.2) is 9.18 Å². The Hall–Kier alpha value is -3.62. The number of methoxy groups -OCH3 is 1. The van der Waals surface area contributed by atoms with Gasteiger partial charge in [-0.3, -0.25) is 0 Å². The summed E-state index contributed by atoms with van der Waals surface area (Å²) >= 11 is 0. The Kier molecular flexibility index (Phi) is 7.27. The molecule has 0 saturated carbocycles. The third-order valence-electron chi connectivity index (χ3n) is 7.90. The van der Waals surface area contributed by atoms with Crippen molar-refractivity contribution < 1.29 is 28.0 Å². The van der Waals surface area contributed by atoms with Gasteiger partial charge in [0.15, 0.2) is 0 Å². The molecule has 1 saturated heterocycles. The van der Waals surface area contributed by atoms with Gasteiger partial charge in [0.2, 0.25) is 0 Å². The van der Waals surface area contributed by atoms with E-state index in [9.17, 15) is 9.18 Å². The van der Waals surface area contributed by atoms with Crippen molar-refractivity contribution in [1.82, 2.24) is 5.32 Å². The highest BCUT2D eigenvalue weighted by molar-refractivity contribution is 6.56. The number of halogens is 1. The Bertz CT molecular complexity index is 1360. The summed E-state index contributed by atoms with van der Waals surface area (Å²) in [5, 5.41) is 2.81. The maximum atomic E-state index is 14.8. The molecule has 1 N–H and O–H groups in total. The van der Waals surface area contributed by atoms with Gasteiger partial charge in [0.25, 0.3) is 0 Å². The summed E-state index contributed by atoms with van der Waals surface area (Å²) < 4.78 is 38.3. The average Bonchev–Trinajstić information content (AvgIpc) is 3.34. The number of nitrogens with one attached hydrogen (secondary N) is 1. The molecule has 0 aromatic heterocycles. The number of carbonyl (C=O) groups excluding carboxylic acids is 1. The number of benzene rings is 3. The molecule has 0 spiro atoms. The second kappa shape index (κ2) is 10.5. The predicted octanol–water partition coefficient (Wildman–Crippen LogP) is 6.39. The van der Waals surface area contributed by atoms with Crippen LogP contribution in [0.5, 0.6) is 5.75 Å². The van der Waals surface area contributed by atoms with Gasteiger partial charge < -0.3 is 24.1 Å². The first-order chi connectivity index (χ1) is 18.6. The fourth-order valence-corrected chi connectivity index (χ4v) is 5.04. The topological polar surface area (TPSA) is 66.0 Å². The second-order valence-corrected chi connectivity index (χ2v) is 10.8. The van der Waals surface area contributed by atoms with Crippen LogP contribution in [0, 0.1) is 5.82 Å². The highest BCUT2D eigenvalue weighted by Gasteiger charge is 2.52. The number of ether oxygens (including phenoxy) is 2. The minimum absolute atomic E-state index is 0.0327. The molecule has 3 aromatic rings. The van der Waals surface area contributed by atoms with E-state index in [-0.39, 0.29) is 24.6 Å². The van der Waals surface area contributed by atoms with E-state index in [1.54, 1.807) is 18.2 Å². The number of amides is 1. The predicted molar refractivity (Wildman–Crippen MR) is 150 cm³/mol. The number of hydrogen-bond acceptors (Lipinski definition) is 5. The Morgan fingerprint density at radius 3 is 2.13 bits per heavy atom. The van der Waals surface area contributed by atoms with E-state index in [0.29, 0.717) is 11.2 Å². The van der Waals surface area contributed by atoms with Gasteiger partial charge in [0.1, 0.15) is 18.2 Å². The molecule has 0 atom stereocenters. The molecule has 1 aliphatic carbocycles. The molecule has 1 fully saturated rings. The monoisotopic (exact) mass is 529 g/mol. The van der Waals surface area contributed by atoms with Crippen molar-refractivity contribution in [2.24, 2.45) is 0 Å². The van der Waals surface area contributed by atoms with Crippen molar-refractivity contribution in [1.29, 1.82) is 0 Å². The quantitative estimate of drug-likeness (QED) is 0.360. The van der Waals surface area contributed by atoms with Crippen LogP contribution in [0.1, 0.15) is 50.3 Å². The molecule has 202 valence electrons. The van der Waals surface area contributed by atoms with Gasteiger partial charge >= 0.3 is 13.2 Å². The molecular formula is C31H33BFNO5. The Morgan fingerprint density at radius 1 is 0.949 bits per heavy atom. The van der Waals surface area contributed by atoms with Crippen LogP contribution < -0.4 is 10.1 Å². The highest BCUT2D eigenvalue weighted by Crippen LogP contribution is 2.44. The van der Waals surface area contributed by atoms with Crippen LogP contribution in [0.2, 0.25) is 0 Å². The summed E-state index contributed by atoms with van der Waals surface area (Å²) in [5.74, 6) is -0.140. The molecule has 0 unspecified atom stereocenters. The van der Waals surface area contributed by atoms with Gasteiger partial charge in [0, 0.05) is 12.5 Å². The van der Waals surface area contributed by atoms with Gasteiger partial charge in [-0.2, -0.15) is 0 Å². The molecule has 6 nitrogen and oxygen atoms in total. The summed E-state index contributed by atoms with van der Waals surface area (Å²) in [6.45, 7) is 7.97. The van der Waals surface area contributed by atoms with Crippen LogP contribution in [-0.4, -0.2) is 44.7 Å². The van der Waals surface area contributed by atoms with Crippen LogP contribution in [0.15, 0.2) is 72.2 Å². The van der Waals surface area contributed by atoms with Crippen LogP contribution in [0.3, 0.4) is 0 Å². The Morgan fingerprint density at radius 2 is 1.54 bits per heavy atom. The molecule has 5 rings (SSSR count). The normalized spacial score (nSPS) is 17.5. The van der Waals surface area contributed by atoms with Crippen LogP contribution in [0.25, 0.3) is 17.2 Å². The van der Waals surface area contributed by atoms with Gasteiger partial charge in [-0.05, 0) is 67.6 Å². The maximum Gasteiger partial charge on any atom is 0.492 e. The summed E-state index contributed by atoms with van der Waals surface area (Å²) in [6, 6.07) is 21.0. The van der Waals surface area contributed by atoms with Gasteiger partial charge in [-0.15, -0.1) is 0 Å². The zero-order valence-electron chi connectivity index (χ0n) is 22.9. The van der Waals surface area contributed by atoms with Crippen molar-refractivity contribution in [3.63, 3.8) is 0 Å². The van der Waals surface area contributed by atoms with E-state index < -0.39 is 30.2 Å². The van der Waals surface area contributed by atoms with Crippen LogP contribution in [0.4, 0.5) is 9.18 Å². The van der Waals surface area contributed by atoms with Crippen molar-refractivity contribution in [2.75, 3.05) is 20.3 Å². The number of rotatable bonds is 7. The lowest BCUT2D eigenvalue weighted by Gasteiger charge is -2.32. The third-order valence-corrected chi connectivity index (χ3v) is 7.90. The molecule has 1 amide bonds. The molecule has 39 heavy (non-hydrogen) atoms. The van der Waals surface area contributed by atoms with Gasteiger partial charge in [0.05, 0.1) is 23.9 Å². The molecule has 3 aromatic carbocycles. The van der Waals surface area contributed by atoms with E-state index >= 15 is 0 Å². The average molecular weight is 529 g/mol. The number of fused-ring (bicyclic) bond motifs is 3. The molecule has 0 radical (unpaired) electrons. The summed E-state index contributed by atoms with van der Waals surface area (Å²) in [5.41, 5.74) is 4.15. The summed E-state index contributed by atoms with van der Waals surface area (Å²) in [6.07, 6.45) is 1.03. The first-order valence-electron chi connectivity index (χ1n) is 13.1. The minimum atomic E-state index is -0.798. The smallest absolute Gasteiger partial charge is 0.492 e. The molecule has 2 aliphatic rings. The van der Waals surface area contributed by atoms with E-state index in [1.807, 2.05) is 52.0 Å². The van der Waals surface area contributed by atoms with Crippen molar-refractivity contribution in [2.45, 2.75) is 44.8 Å². The molecular weight excluding hydrogens is 496 g/mol. The van der Waals surface area contributed by atoms with Crippen LogP contribution >= 0.6 is 0 Å². The Balaban J connectivity index is 1.33. The fraction of sp³-hybridized carbons (Fsp3) is 0.323. The largest absolute Gasteiger partial charge is 0.496 e. The molecule has 1 aliphatic heterocycles. The number of alkyl carbamates (subject to hydrolysis) is 1. The molecule has 8 heteroatoms. The van der Waals surface area contributed by atoms with Crippen LogP contribution in [-0.2, 0) is 14.0 Å². The van der Waals surface area contributed by atoms with Gasteiger partial charge in [-0.1, -0.05) is 60.7 Å². The standard InChI is InChI=1S/C31H33BFNO5/c1-30(2)31(3,4)39-32(38-30)20(17-25-27(33)15-10-16-28(25)36-5)18-34-29(35)37-19-26-23-13-8-6-11-21(23)22-12-7-9-14-24(22)26/h6-17,26H,18-19H2,1-5H3,(H,34,35). The number of hydrogen-bond donors (Lipinski definition) is 1. The van der Waals surface area contributed by atoms with Crippen molar-refractivity contribution >= 4 is 19.3 Å². The Labute approximate surface area is 229 Å². The van der Waals surface area contributed by atoms with E-state index in [1.165, 1.54) is 13.2 Å². The zero-order valence-corrected chi connectivity index (χ0v) is 22.9. The summed E-state index contributed by atoms with van der Waals surface area (Å²) in [7, 11) is 0.684. The number of carbonyl (C=O) groups is 1. The summed E-state index contributed by atoms with van der Waals surface area (Å²) in [4.78, 5) is 12.9. The van der Waals surface area contributed by atoms with Crippen molar-refractivity contribution in [3.8, 4) is 16.9 Å². The lowest BCUT2D eigenvalue weighted by molar-refractivity contribution is 0.00578. The maximum absolute atomic E-state index is 14.8. The second-order valence-electron chi connectivity index (χ2n) is 10.8. The fourth-order valence-electron chi connectivity index (χ4n) is 5.04. The van der Waals surface area contributed by atoms with E-state index in [4.69, 9.17) is 18.8 Å². The lowest BCUT2D eigenvalue weighted by Crippen LogP contribution is -2.41. The SMILES string of the molecule is COc1cccc(F)c1C=C(CNC(=O)OCC1c2ccccc2-c2ccccc21)B1OC(C)(C)C(C)(C)O1. The first kappa shape index (κ1) is 27.0. The van der Waals surface area contributed by atoms with E-state index in [2.05, 4.69) is 29.6 Å². The zero-order chi connectivity index (χ0) is 27.8. The third kappa shape index (κ3) is 5.19. The van der Waals surface area contributed by atoms with E-state index in [0.717, 1.165) is 22.3 Å². The van der Waals surface area contributed by atoms with Crippen molar-refractivity contribution in [3.05, 3.63) is 94.7 Å². The molecule has 0 bridgehead atoms. The molecule has 1 heterocycles. The highest BCUT2D eigenvalue weighted by atomic mass is 19.1. The minimum Gasteiger partial charge on any atom is -0.496 e. The lowest BCUT2D eigenvalue weighted by atomic mass is 9.77.